The Morgan fingerprint density at radius 2 is 1.88 bits per heavy atom. The topological polar surface area (TPSA) is 80.2 Å². The maximum atomic E-state index is 13.4. The lowest BCUT2D eigenvalue weighted by molar-refractivity contribution is -0.124. The molecule has 0 bridgehead atoms. The highest BCUT2D eigenvalue weighted by atomic mass is 32.1. The van der Waals surface area contributed by atoms with Gasteiger partial charge in [0.1, 0.15) is 17.1 Å². The molecule has 0 spiro atoms. The summed E-state index contributed by atoms with van der Waals surface area (Å²) in [5.41, 5.74) is 2.75. The number of amides is 1. The van der Waals surface area contributed by atoms with Crippen LogP contribution in [0.1, 0.15) is 56.6 Å². The van der Waals surface area contributed by atoms with Gasteiger partial charge in [0.25, 0.3) is 0 Å². The maximum Gasteiger partial charge on any atom is 0.232 e. The van der Waals surface area contributed by atoms with E-state index in [1.807, 2.05) is 38.1 Å². The molecular formula is C24H27N5O2S. The van der Waals surface area contributed by atoms with Gasteiger partial charge in [-0.25, -0.2) is 0 Å². The number of para-hydroxylation sites is 1. The Morgan fingerprint density at radius 1 is 1.09 bits per heavy atom. The molecule has 0 unspecified atom stereocenters. The van der Waals surface area contributed by atoms with Crippen LogP contribution in [0.25, 0.3) is 0 Å². The molecule has 3 aromatic rings. The third kappa shape index (κ3) is 3.83. The van der Waals surface area contributed by atoms with Crippen LogP contribution in [-0.2, 0) is 4.79 Å². The van der Waals surface area contributed by atoms with Crippen LogP contribution >= 0.6 is 11.3 Å². The van der Waals surface area contributed by atoms with Gasteiger partial charge in [-0.15, -0.1) is 10.2 Å². The lowest BCUT2D eigenvalue weighted by Crippen LogP contribution is -2.38. The maximum absolute atomic E-state index is 13.4. The lowest BCUT2D eigenvalue weighted by atomic mass is 9.70. The molecule has 5 rings (SSSR count). The Labute approximate surface area is 191 Å². The fourth-order valence-electron chi connectivity index (χ4n) is 4.70. The quantitative estimate of drug-likeness (QED) is 0.588. The zero-order valence-corrected chi connectivity index (χ0v) is 19.2. The Hall–Kier alpha value is -3.00. The molecule has 2 aromatic heterocycles. The van der Waals surface area contributed by atoms with Gasteiger partial charge in [0.05, 0.1) is 5.41 Å². The SMILES string of the molecule is CC(C)(C(=O)Nc1nncs1)[C@H]1c2ccccc2Oc2nc(N3CCCCCC3)ccc21. The van der Waals surface area contributed by atoms with E-state index in [-0.39, 0.29) is 11.8 Å². The number of benzene rings is 1. The predicted octanol–water partition coefficient (Wildman–Crippen LogP) is 5.22. The molecule has 0 radical (unpaired) electrons. The summed E-state index contributed by atoms with van der Waals surface area (Å²) in [5, 5.41) is 11.2. The van der Waals surface area contributed by atoms with Crippen molar-refractivity contribution in [3.05, 3.63) is 53.0 Å². The van der Waals surface area contributed by atoms with E-state index in [0.717, 1.165) is 35.8 Å². The molecule has 1 saturated heterocycles. The first-order valence-electron chi connectivity index (χ1n) is 11.1. The van der Waals surface area contributed by atoms with Gasteiger partial charge in [-0.3, -0.25) is 4.79 Å². The minimum Gasteiger partial charge on any atom is -0.438 e. The third-order valence-electron chi connectivity index (χ3n) is 6.44. The fourth-order valence-corrected chi connectivity index (χ4v) is 5.14. The Morgan fingerprint density at radius 3 is 2.62 bits per heavy atom. The first-order chi connectivity index (χ1) is 15.5. The minimum absolute atomic E-state index is 0.113. The fraction of sp³-hybridized carbons (Fsp3) is 0.417. The largest absolute Gasteiger partial charge is 0.438 e. The smallest absolute Gasteiger partial charge is 0.232 e. The normalized spacial score (nSPS) is 18.2. The predicted molar refractivity (Wildman–Crippen MR) is 126 cm³/mol. The highest BCUT2D eigenvalue weighted by Gasteiger charge is 2.44. The van der Waals surface area contributed by atoms with Gasteiger partial charge in [-0.05, 0) is 31.0 Å². The van der Waals surface area contributed by atoms with Crippen LogP contribution in [0.15, 0.2) is 41.9 Å². The van der Waals surface area contributed by atoms with Crippen molar-refractivity contribution in [1.82, 2.24) is 15.2 Å². The number of hydrogen-bond donors (Lipinski definition) is 1. The number of nitrogens with zero attached hydrogens (tertiary/aromatic N) is 4. The van der Waals surface area contributed by atoms with Crippen LogP contribution in [0.3, 0.4) is 0 Å². The summed E-state index contributed by atoms with van der Waals surface area (Å²) in [4.78, 5) is 20.6. The summed E-state index contributed by atoms with van der Waals surface area (Å²) in [6.07, 6.45) is 4.91. The number of pyridine rings is 1. The summed E-state index contributed by atoms with van der Waals surface area (Å²) in [7, 11) is 0. The van der Waals surface area contributed by atoms with Crippen LogP contribution in [0.4, 0.5) is 10.9 Å². The van der Waals surface area contributed by atoms with E-state index < -0.39 is 5.41 Å². The van der Waals surface area contributed by atoms with E-state index >= 15 is 0 Å². The molecule has 1 aromatic carbocycles. The molecule has 0 saturated carbocycles. The Bertz CT molecular complexity index is 1110. The summed E-state index contributed by atoms with van der Waals surface area (Å²) in [6, 6.07) is 12.1. The molecule has 7 nitrogen and oxygen atoms in total. The van der Waals surface area contributed by atoms with Gasteiger partial charge in [-0.1, -0.05) is 56.2 Å². The number of carbonyl (C=O) groups excluding carboxylic acids is 1. The number of nitrogens with one attached hydrogen (secondary N) is 1. The average molecular weight is 450 g/mol. The van der Waals surface area contributed by atoms with Crippen molar-refractivity contribution >= 4 is 28.2 Å². The zero-order valence-electron chi connectivity index (χ0n) is 18.4. The van der Waals surface area contributed by atoms with E-state index in [1.54, 1.807) is 5.51 Å². The number of fused-ring (bicyclic) bond motifs is 2. The first-order valence-corrected chi connectivity index (χ1v) is 12.0. The van der Waals surface area contributed by atoms with Gasteiger partial charge in [0, 0.05) is 30.1 Å². The van der Waals surface area contributed by atoms with Gasteiger partial charge < -0.3 is 15.0 Å². The van der Waals surface area contributed by atoms with Crippen molar-refractivity contribution in [3.8, 4) is 11.6 Å². The highest BCUT2D eigenvalue weighted by Crippen LogP contribution is 2.52. The molecule has 2 aliphatic heterocycles. The molecule has 2 aliphatic rings. The van der Waals surface area contributed by atoms with Gasteiger partial charge in [0.15, 0.2) is 0 Å². The second-order valence-corrected chi connectivity index (χ2v) is 9.79. The van der Waals surface area contributed by atoms with Crippen LogP contribution in [0.5, 0.6) is 11.6 Å². The Kier molecular flexibility index (Phi) is 5.55. The molecule has 166 valence electrons. The number of aromatic nitrogens is 3. The van der Waals surface area contributed by atoms with Gasteiger partial charge in [-0.2, -0.15) is 4.98 Å². The second-order valence-electron chi connectivity index (χ2n) is 8.96. The average Bonchev–Trinajstić information content (AvgIpc) is 3.15. The molecule has 0 aliphatic carbocycles. The number of rotatable bonds is 4. The molecule has 8 heteroatoms. The minimum atomic E-state index is -0.772. The van der Waals surface area contributed by atoms with Crippen molar-refractivity contribution in [2.45, 2.75) is 45.4 Å². The van der Waals surface area contributed by atoms with Gasteiger partial charge in [0.2, 0.25) is 16.9 Å². The molecule has 1 atom stereocenters. The lowest BCUT2D eigenvalue weighted by Gasteiger charge is -2.37. The summed E-state index contributed by atoms with van der Waals surface area (Å²) >= 11 is 1.31. The number of carbonyl (C=O) groups is 1. The van der Waals surface area contributed by atoms with Crippen molar-refractivity contribution in [1.29, 1.82) is 0 Å². The second kappa shape index (κ2) is 8.50. The molecule has 1 N–H and O–H groups in total. The van der Waals surface area contributed by atoms with Crippen LogP contribution < -0.4 is 15.0 Å². The zero-order chi connectivity index (χ0) is 22.1. The van der Waals surface area contributed by atoms with Crippen LogP contribution in [-0.4, -0.2) is 34.2 Å². The molecule has 1 amide bonds. The van der Waals surface area contributed by atoms with Gasteiger partial charge >= 0.3 is 0 Å². The van der Waals surface area contributed by atoms with Crippen molar-refractivity contribution in [3.63, 3.8) is 0 Å². The first kappa shape index (κ1) is 20.9. The van der Waals surface area contributed by atoms with Crippen LogP contribution in [0, 0.1) is 5.41 Å². The molecule has 1 fully saturated rings. The number of ether oxygens (including phenoxy) is 1. The monoisotopic (exact) mass is 449 g/mol. The standard InChI is InChI=1S/C24H27N5O2S/c1-24(2,22(30)27-23-28-25-15-32-23)20-16-9-5-6-10-18(16)31-21-17(20)11-12-19(26-21)29-13-7-3-4-8-14-29/h5-6,9-12,15,20H,3-4,7-8,13-14H2,1-2H3,(H,27,28,30)/t20-/m0/s1. The molecule has 32 heavy (non-hydrogen) atoms. The van der Waals surface area contributed by atoms with Crippen LogP contribution in [0.2, 0.25) is 0 Å². The number of hydrogen-bond acceptors (Lipinski definition) is 7. The highest BCUT2D eigenvalue weighted by molar-refractivity contribution is 7.13. The molecule has 4 heterocycles. The van der Waals surface area contributed by atoms with E-state index in [2.05, 4.69) is 32.5 Å². The summed E-state index contributed by atoms with van der Waals surface area (Å²) in [6.45, 7) is 5.95. The van der Waals surface area contributed by atoms with E-state index in [4.69, 9.17) is 9.72 Å². The Balaban J connectivity index is 1.53. The van der Waals surface area contributed by atoms with E-state index in [9.17, 15) is 4.79 Å². The molecular weight excluding hydrogens is 422 g/mol. The van der Waals surface area contributed by atoms with E-state index in [0.29, 0.717) is 11.0 Å². The number of anilines is 2. The third-order valence-corrected chi connectivity index (χ3v) is 7.05. The summed E-state index contributed by atoms with van der Waals surface area (Å²) < 4.78 is 6.26. The van der Waals surface area contributed by atoms with Crippen molar-refractivity contribution in [2.75, 3.05) is 23.3 Å². The summed E-state index contributed by atoms with van der Waals surface area (Å²) in [5.74, 6) is 1.97. The van der Waals surface area contributed by atoms with E-state index in [1.165, 1.54) is 37.0 Å². The van der Waals surface area contributed by atoms with Crippen molar-refractivity contribution < 1.29 is 9.53 Å². The van der Waals surface area contributed by atoms with Crippen molar-refractivity contribution in [2.24, 2.45) is 5.41 Å².